The number of hydrogen-bond donors (Lipinski definition) is 12. The van der Waals surface area contributed by atoms with Crippen molar-refractivity contribution in [1.82, 2.24) is 25.9 Å². The second-order valence-corrected chi connectivity index (χ2v) is 19.5. The smallest absolute Gasteiger partial charge is 0.333 e. The van der Waals surface area contributed by atoms with Crippen LogP contribution in [0.15, 0.2) is 0 Å². The molecule has 4 aliphatic rings. The Morgan fingerprint density at radius 3 is 1.32 bits per heavy atom. The number of imide groups is 1. The lowest BCUT2D eigenvalue weighted by molar-refractivity contribution is -0.292. The Hall–Kier alpha value is -3.95. The van der Waals surface area contributed by atoms with Crippen LogP contribution in [0.25, 0.3) is 0 Å². The molecule has 0 aromatic carbocycles. The zero-order valence-corrected chi connectivity index (χ0v) is 43.4. The molecule has 4 fully saturated rings. The van der Waals surface area contributed by atoms with Gasteiger partial charge in [0.15, 0.2) is 18.9 Å². The summed E-state index contributed by atoms with van der Waals surface area (Å²) in [6.07, 6.45) is -14.8. The van der Waals surface area contributed by atoms with E-state index in [1.165, 1.54) is 25.7 Å². The van der Waals surface area contributed by atoms with Gasteiger partial charge >= 0.3 is 5.97 Å². The Balaban J connectivity index is 1.33. The van der Waals surface area contributed by atoms with Crippen molar-refractivity contribution in [1.29, 1.82) is 0 Å². The quantitative estimate of drug-likeness (QED) is 0.0217. The molecule has 28 heteroatoms. The van der Waals surface area contributed by atoms with Crippen molar-refractivity contribution in [2.45, 2.75) is 209 Å². The summed E-state index contributed by atoms with van der Waals surface area (Å²) in [7, 11) is 0. The normalized spacial score (nSPS) is 31.3. The Morgan fingerprint density at radius 2 is 0.895 bits per heavy atom. The molecule has 4 aliphatic heterocycles. The number of aliphatic hydroxyl groups is 9. The molecule has 0 saturated carbocycles. The molecule has 0 unspecified atom stereocenters. The molecule has 4 rings (SSSR count). The molecular weight excluding hydrogens is 1010 g/mol. The van der Waals surface area contributed by atoms with Crippen LogP contribution in [0.3, 0.4) is 0 Å². The molecule has 0 spiro atoms. The van der Waals surface area contributed by atoms with E-state index < -0.39 is 147 Å². The number of ether oxygens (including phenoxy) is 6. The lowest BCUT2D eigenvalue weighted by atomic mass is 10.0. The van der Waals surface area contributed by atoms with Crippen LogP contribution >= 0.6 is 0 Å². The predicted octanol–water partition coefficient (Wildman–Crippen LogP) is -4.60. The molecule has 0 radical (unpaired) electrons. The third-order valence-corrected chi connectivity index (χ3v) is 13.4. The molecule has 4 saturated heterocycles. The number of Topliss-reactive ketones (excluding diaryl/α,β-unsaturated/α-hetero) is 1. The second kappa shape index (κ2) is 32.8. The fraction of sp³-hybridized carbons (Fsp3) is 0.854. The van der Waals surface area contributed by atoms with Gasteiger partial charge < -0.3 is 95.2 Å². The van der Waals surface area contributed by atoms with Gasteiger partial charge in [-0.2, -0.15) is 0 Å². The van der Waals surface area contributed by atoms with Crippen LogP contribution in [0.2, 0.25) is 0 Å². The lowest BCUT2D eigenvalue weighted by Crippen LogP contribution is -2.58. The molecule has 0 aliphatic carbocycles. The van der Waals surface area contributed by atoms with Crippen LogP contribution in [0.4, 0.5) is 0 Å². The summed E-state index contributed by atoms with van der Waals surface area (Å²) in [5.41, 5.74) is 0. The largest absolute Gasteiger partial charge is 0.388 e. The molecule has 0 aromatic heterocycles. The van der Waals surface area contributed by atoms with Gasteiger partial charge in [0.2, 0.25) is 17.7 Å². The zero-order valence-electron chi connectivity index (χ0n) is 43.4. The summed E-state index contributed by atoms with van der Waals surface area (Å²) in [6, 6.07) is -1.15. The number of hydroxylamine groups is 2. The molecule has 16 atom stereocenters. The lowest BCUT2D eigenvalue weighted by Gasteiger charge is -2.39. The van der Waals surface area contributed by atoms with Gasteiger partial charge in [0, 0.05) is 51.7 Å². The van der Waals surface area contributed by atoms with Gasteiger partial charge in [-0.25, -0.2) is 4.79 Å². The molecule has 0 aromatic rings. The highest BCUT2D eigenvalue weighted by Gasteiger charge is 2.45. The van der Waals surface area contributed by atoms with Crippen LogP contribution in [0.5, 0.6) is 0 Å². The van der Waals surface area contributed by atoms with Crippen molar-refractivity contribution in [3.05, 3.63) is 0 Å². The Bertz CT molecular complexity index is 1780. The summed E-state index contributed by atoms with van der Waals surface area (Å²) >= 11 is 0. The number of unbranched alkanes of at least 4 members (excludes halogenated alkanes) is 6. The van der Waals surface area contributed by atoms with E-state index in [0.717, 1.165) is 12.8 Å². The number of nitrogens with zero attached hydrogens (tertiary/aromatic N) is 2. The number of amides is 5. The average Bonchev–Trinajstić information content (AvgIpc) is 3.70. The number of nitrogens with one attached hydrogen (secondary N) is 3. The topological polar surface area (TPSA) is 409 Å². The number of carbonyl (C=O) groups excluding carboxylic acids is 7. The van der Waals surface area contributed by atoms with E-state index in [1.807, 2.05) is 0 Å². The fourth-order valence-corrected chi connectivity index (χ4v) is 8.78. The number of rotatable bonds is 33. The molecule has 436 valence electrons. The Labute approximate surface area is 440 Å². The maximum atomic E-state index is 14.1. The predicted molar refractivity (Wildman–Crippen MR) is 257 cm³/mol. The van der Waals surface area contributed by atoms with E-state index in [9.17, 15) is 79.5 Å². The number of ketones is 1. The van der Waals surface area contributed by atoms with Gasteiger partial charge in [0.25, 0.3) is 11.8 Å². The van der Waals surface area contributed by atoms with Crippen LogP contribution < -0.4 is 16.0 Å². The number of hydrogen-bond acceptors (Lipinski definition) is 24. The highest BCUT2D eigenvalue weighted by Crippen LogP contribution is 2.24. The van der Waals surface area contributed by atoms with E-state index in [-0.39, 0.29) is 77.3 Å². The summed E-state index contributed by atoms with van der Waals surface area (Å²) in [4.78, 5) is 95.5. The highest BCUT2D eigenvalue weighted by molar-refractivity contribution is 6.01. The van der Waals surface area contributed by atoms with Crippen LogP contribution in [-0.4, -0.2) is 248 Å². The third-order valence-electron chi connectivity index (χ3n) is 13.4. The number of aliphatic hydroxyl groups excluding tert-OH is 9. The summed E-state index contributed by atoms with van der Waals surface area (Å²) in [6.45, 7) is 2.23. The number of carbonyl (C=O) groups is 7. The minimum atomic E-state index is -1.60. The van der Waals surface area contributed by atoms with Gasteiger partial charge in [-0.15, -0.1) is 5.06 Å². The summed E-state index contributed by atoms with van der Waals surface area (Å²) in [5, 5.41) is 100.0. The standard InChI is InChI=1S/C48H81N5O23/c1-26-36(60)39(63)42(66)46(73-26)70-21-18-49-31(55)24-52(25-32(56)50-19-22-71-47-43(67)40(64)37(61)27(2)74-47)30(45(69)51-20-23-72-48-44(68)41(65)38(62)28(3)75-48)14-10-7-9-13-29(54)12-8-5-4-6-11-15-35(59)76-53-33(57)16-17-34(53)58/h26-28,30,36-44,46-48,60-68H,4-25H2,1-3H3,(H,49,55)(H,50,56)(H,51,69)/t26-,27-,28-,30-,36+,37+,38+,39+,40+,41+,42-,43-,44-,46+,47+,48+/m0/s1. The van der Waals surface area contributed by atoms with Gasteiger partial charge in [0.05, 0.1) is 57.3 Å². The van der Waals surface area contributed by atoms with Crippen molar-refractivity contribution in [3.8, 4) is 0 Å². The van der Waals surface area contributed by atoms with E-state index in [2.05, 4.69) is 16.0 Å². The van der Waals surface area contributed by atoms with Crippen LogP contribution in [0, 0.1) is 0 Å². The van der Waals surface area contributed by atoms with Gasteiger partial charge in [-0.1, -0.05) is 32.1 Å². The van der Waals surface area contributed by atoms with Gasteiger partial charge in [-0.05, 0) is 46.5 Å². The summed E-state index contributed by atoms with van der Waals surface area (Å²) in [5.74, 6) is -3.67. The Morgan fingerprint density at radius 1 is 0.526 bits per heavy atom. The zero-order chi connectivity index (χ0) is 56.1. The van der Waals surface area contributed by atoms with E-state index in [4.69, 9.17) is 33.3 Å². The SMILES string of the molecule is C[C@@H]1O[C@@H](OCCNC(=O)CN(CC(=O)NCCO[C@@H]2O[C@@H](C)[C@@H](O)[C@@H](O)[C@@H]2O)[C@@H](CCCCCC(=O)CCCCCCCC(=O)ON2C(=O)CCC2=O)C(=O)NCCO[C@@H]2O[C@@H](C)[C@@H](O)[C@@H](O)[C@@H]2O)[C@@H](O)[C@H](O)[C@@H]1O. The molecule has 0 bridgehead atoms. The van der Waals surface area contributed by atoms with Crippen molar-refractivity contribution in [2.75, 3.05) is 52.5 Å². The minimum absolute atomic E-state index is 0.0114. The van der Waals surface area contributed by atoms with Crippen LogP contribution in [-0.2, 0) is 66.8 Å². The van der Waals surface area contributed by atoms with Crippen molar-refractivity contribution in [3.63, 3.8) is 0 Å². The van der Waals surface area contributed by atoms with Gasteiger partial charge in [-0.3, -0.25) is 33.7 Å². The molecule has 12 N–H and O–H groups in total. The summed E-state index contributed by atoms with van der Waals surface area (Å²) < 4.78 is 32.9. The average molecular weight is 1100 g/mol. The second-order valence-electron chi connectivity index (χ2n) is 19.5. The van der Waals surface area contributed by atoms with Gasteiger partial charge in [0.1, 0.15) is 60.7 Å². The molecule has 76 heavy (non-hydrogen) atoms. The van der Waals surface area contributed by atoms with E-state index in [1.54, 1.807) is 0 Å². The molecule has 4 heterocycles. The monoisotopic (exact) mass is 1100 g/mol. The van der Waals surface area contributed by atoms with E-state index >= 15 is 0 Å². The van der Waals surface area contributed by atoms with Crippen LogP contribution in [0.1, 0.15) is 111 Å². The highest BCUT2D eigenvalue weighted by atomic mass is 16.7. The molecular formula is C48H81N5O23. The first-order chi connectivity index (χ1) is 36.1. The maximum Gasteiger partial charge on any atom is 0.333 e. The molecule has 28 nitrogen and oxygen atoms in total. The first kappa shape index (κ1) is 64.6. The minimum Gasteiger partial charge on any atom is -0.388 e. The Kier molecular flexibility index (Phi) is 27.9. The van der Waals surface area contributed by atoms with E-state index in [0.29, 0.717) is 50.0 Å². The van der Waals surface area contributed by atoms with Crippen molar-refractivity contribution in [2.24, 2.45) is 0 Å². The maximum absolute atomic E-state index is 14.1. The molecule has 5 amide bonds. The fourth-order valence-electron chi connectivity index (χ4n) is 8.78. The first-order valence-electron chi connectivity index (χ1n) is 26.2. The van der Waals surface area contributed by atoms with Crippen molar-refractivity contribution >= 4 is 41.3 Å². The third kappa shape index (κ3) is 20.4. The van der Waals surface area contributed by atoms with Crippen molar-refractivity contribution < 1.29 is 113 Å². The first-order valence-corrected chi connectivity index (χ1v) is 26.2.